The largest absolute Gasteiger partial charge is 0.350 e. The summed E-state index contributed by atoms with van der Waals surface area (Å²) in [4.78, 5) is 10.7. The van der Waals surface area contributed by atoms with Crippen LogP contribution < -0.4 is 5.32 Å². The van der Waals surface area contributed by atoms with Gasteiger partial charge in [0.2, 0.25) is 5.91 Å². The van der Waals surface area contributed by atoms with Crippen LogP contribution in [0.4, 0.5) is 0 Å². The molecule has 66 valence electrons. The van der Waals surface area contributed by atoms with E-state index in [-0.39, 0.29) is 11.9 Å². The first-order valence-electron chi connectivity index (χ1n) is 4.33. The molecule has 1 amide bonds. The number of rotatable bonds is 2. The molecule has 0 saturated carbocycles. The first-order chi connectivity index (χ1) is 5.70. The third kappa shape index (κ3) is 2.53. The number of carbonyl (C=O) groups excluding carboxylic acids is 1. The van der Waals surface area contributed by atoms with Gasteiger partial charge in [-0.1, -0.05) is 18.2 Å². The lowest BCUT2D eigenvalue weighted by molar-refractivity contribution is -0.119. The van der Waals surface area contributed by atoms with Gasteiger partial charge >= 0.3 is 0 Å². The second-order valence-electron chi connectivity index (χ2n) is 3.13. The summed E-state index contributed by atoms with van der Waals surface area (Å²) in [6.07, 6.45) is 8.44. The Kier molecular flexibility index (Phi) is 3.09. The molecule has 1 rings (SSSR count). The molecule has 12 heavy (non-hydrogen) atoms. The first kappa shape index (κ1) is 9.04. The third-order valence-corrected chi connectivity index (χ3v) is 2.02. The summed E-state index contributed by atoms with van der Waals surface area (Å²) in [6, 6.07) is 0.187. The predicted octanol–water partition coefficient (Wildman–Crippen LogP) is 1.79. The van der Waals surface area contributed by atoms with Gasteiger partial charge < -0.3 is 5.32 Å². The molecule has 0 saturated heterocycles. The van der Waals surface area contributed by atoms with Crippen molar-refractivity contribution in [3.05, 3.63) is 23.8 Å². The molecule has 0 radical (unpaired) electrons. The Hall–Kier alpha value is -1.05. The number of hydrogen-bond donors (Lipinski definition) is 1. The van der Waals surface area contributed by atoms with Crippen LogP contribution in [0.25, 0.3) is 0 Å². The molecule has 1 aliphatic carbocycles. The maximum absolute atomic E-state index is 10.7. The smallest absolute Gasteiger partial charge is 0.217 e. The summed E-state index contributed by atoms with van der Waals surface area (Å²) in [6.45, 7) is 3.57. The number of nitrogens with one attached hydrogen (secondary N) is 1. The molecule has 0 aliphatic heterocycles. The van der Waals surface area contributed by atoms with Gasteiger partial charge in [-0.2, -0.15) is 0 Å². The summed E-state index contributed by atoms with van der Waals surface area (Å²) < 4.78 is 0. The quantitative estimate of drug-likeness (QED) is 0.664. The highest BCUT2D eigenvalue weighted by Gasteiger charge is 2.09. The third-order valence-electron chi connectivity index (χ3n) is 2.02. The molecule has 0 aromatic rings. The highest BCUT2D eigenvalue weighted by atomic mass is 16.1. The molecule has 0 heterocycles. The maximum atomic E-state index is 10.7. The van der Waals surface area contributed by atoms with E-state index in [9.17, 15) is 4.79 Å². The van der Waals surface area contributed by atoms with E-state index in [2.05, 4.69) is 23.5 Å². The summed E-state index contributed by atoms with van der Waals surface area (Å²) in [7, 11) is 0. The van der Waals surface area contributed by atoms with E-state index in [1.807, 2.05) is 6.92 Å². The summed E-state index contributed by atoms with van der Waals surface area (Å²) in [5.74, 6) is 0.0398. The van der Waals surface area contributed by atoms with Crippen molar-refractivity contribution >= 4 is 5.91 Å². The van der Waals surface area contributed by atoms with E-state index in [4.69, 9.17) is 0 Å². The van der Waals surface area contributed by atoms with Gasteiger partial charge in [0.25, 0.3) is 0 Å². The van der Waals surface area contributed by atoms with Gasteiger partial charge in [-0.05, 0) is 25.3 Å². The van der Waals surface area contributed by atoms with Gasteiger partial charge in [0.1, 0.15) is 0 Å². The van der Waals surface area contributed by atoms with E-state index in [1.165, 1.54) is 5.57 Å². The van der Waals surface area contributed by atoms with Crippen LogP contribution in [0.3, 0.4) is 0 Å². The van der Waals surface area contributed by atoms with Crippen LogP contribution in [0.2, 0.25) is 0 Å². The van der Waals surface area contributed by atoms with E-state index in [0.717, 1.165) is 12.8 Å². The lowest BCUT2D eigenvalue weighted by Crippen LogP contribution is -2.32. The van der Waals surface area contributed by atoms with Crippen LogP contribution >= 0.6 is 0 Å². The van der Waals surface area contributed by atoms with Crippen molar-refractivity contribution in [1.29, 1.82) is 0 Å². The minimum Gasteiger partial charge on any atom is -0.350 e. The van der Waals surface area contributed by atoms with Crippen molar-refractivity contribution in [2.45, 2.75) is 32.7 Å². The Morgan fingerprint density at radius 2 is 2.42 bits per heavy atom. The lowest BCUT2D eigenvalue weighted by atomic mass is 9.99. The van der Waals surface area contributed by atoms with Gasteiger partial charge in [-0.15, -0.1) is 0 Å². The zero-order chi connectivity index (χ0) is 8.97. The monoisotopic (exact) mass is 165 g/mol. The van der Waals surface area contributed by atoms with Crippen LogP contribution in [0.15, 0.2) is 23.8 Å². The van der Waals surface area contributed by atoms with Crippen molar-refractivity contribution in [3.8, 4) is 0 Å². The Morgan fingerprint density at radius 1 is 1.67 bits per heavy atom. The molecular formula is C10H15NO. The van der Waals surface area contributed by atoms with Crippen LogP contribution in [0, 0.1) is 0 Å². The summed E-state index contributed by atoms with van der Waals surface area (Å²) >= 11 is 0. The minimum absolute atomic E-state index is 0.0398. The Balaban J connectivity index is 2.51. The van der Waals surface area contributed by atoms with Crippen molar-refractivity contribution in [2.24, 2.45) is 0 Å². The second kappa shape index (κ2) is 4.10. The van der Waals surface area contributed by atoms with Gasteiger partial charge in [-0.3, -0.25) is 4.79 Å². The fourth-order valence-corrected chi connectivity index (χ4v) is 1.38. The van der Waals surface area contributed by atoms with E-state index in [1.54, 1.807) is 6.92 Å². The van der Waals surface area contributed by atoms with E-state index >= 15 is 0 Å². The molecule has 2 heteroatoms. The standard InChI is InChI=1S/C10H15NO/c1-8(11-9(2)12)10-6-4-3-5-7-10/h3-4,6,8H,5,7H2,1-2H3,(H,11,12)/t8-/m0/s1. The number of allylic oxidation sites excluding steroid dienone is 3. The van der Waals surface area contributed by atoms with Gasteiger partial charge in [0.05, 0.1) is 0 Å². The SMILES string of the molecule is CC(=O)N[C@@H](C)C1=CC=CCC1. The van der Waals surface area contributed by atoms with Gasteiger partial charge in [0.15, 0.2) is 0 Å². The molecule has 2 nitrogen and oxygen atoms in total. The van der Waals surface area contributed by atoms with Crippen molar-refractivity contribution in [3.63, 3.8) is 0 Å². The molecule has 0 spiro atoms. The number of hydrogen-bond acceptors (Lipinski definition) is 1. The summed E-state index contributed by atoms with van der Waals surface area (Å²) in [5.41, 5.74) is 1.31. The average molecular weight is 165 g/mol. The average Bonchev–Trinajstić information content (AvgIpc) is 2.05. The molecule has 0 aromatic heterocycles. The Bertz CT molecular complexity index is 228. The van der Waals surface area contributed by atoms with Crippen molar-refractivity contribution in [2.75, 3.05) is 0 Å². The van der Waals surface area contributed by atoms with Crippen molar-refractivity contribution in [1.82, 2.24) is 5.32 Å². The van der Waals surface area contributed by atoms with Crippen LogP contribution in [0.1, 0.15) is 26.7 Å². The van der Waals surface area contributed by atoms with Crippen LogP contribution in [-0.2, 0) is 4.79 Å². The molecule has 1 aliphatic rings. The molecule has 0 aromatic carbocycles. The highest BCUT2D eigenvalue weighted by molar-refractivity contribution is 5.73. The van der Waals surface area contributed by atoms with Crippen molar-refractivity contribution < 1.29 is 4.79 Å². The number of amides is 1. The predicted molar refractivity (Wildman–Crippen MR) is 49.7 cm³/mol. The zero-order valence-electron chi connectivity index (χ0n) is 7.63. The Morgan fingerprint density at radius 3 is 2.92 bits per heavy atom. The zero-order valence-corrected chi connectivity index (χ0v) is 7.63. The van der Waals surface area contributed by atoms with E-state index in [0.29, 0.717) is 0 Å². The number of carbonyl (C=O) groups is 1. The molecule has 1 atom stereocenters. The summed E-state index contributed by atoms with van der Waals surface area (Å²) in [5, 5.41) is 2.87. The lowest BCUT2D eigenvalue weighted by Gasteiger charge is -2.17. The topological polar surface area (TPSA) is 29.1 Å². The molecular weight excluding hydrogens is 150 g/mol. The second-order valence-corrected chi connectivity index (χ2v) is 3.13. The minimum atomic E-state index is 0.0398. The van der Waals surface area contributed by atoms with Gasteiger partial charge in [-0.25, -0.2) is 0 Å². The maximum Gasteiger partial charge on any atom is 0.217 e. The van der Waals surface area contributed by atoms with Crippen LogP contribution in [0.5, 0.6) is 0 Å². The highest BCUT2D eigenvalue weighted by Crippen LogP contribution is 2.14. The normalized spacial score (nSPS) is 18.3. The molecule has 0 unspecified atom stereocenters. The Labute approximate surface area is 73.4 Å². The molecule has 1 N–H and O–H groups in total. The first-order valence-corrected chi connectivity index (χ1v) is 4.33. The van der Waals surface area contributed by atoms with Crippen LogP contribution in [-0.4, -0.2) is 11.9 Å². The fourth-order valence-electron chi connectivity index (χ4n) is 1.38. The fraction of sp³-hybridized carbons (Fsp3) is 0.500. The molecule has 0 fully saturated rings. The molecule has 0 bridgehead atoms. The van der Waals surface area contributed by atoms with E-state index < -0.39 is 0 Å². The van der Waals surface area contributed by atoms with Gasteiger partial charge in [0, 0.05) is 13.0 Å².